The van der Waals surface area contributed by atoms with E-state index in [0.29, 0.717) is 66.3 Å². The fraction of sp³-hybridized carbons (Fsp3) is 0.386. The first-order valence-electron chi connectivity index (χ1n) is 25.8. The lowest BCUT2D eigenvalue weighted by atomic mass is 9.78. The zero-order valence-corrected chi connectivity index (χ0v) is 42.4. The van der Waals surface area contributed by atoms with Crippen molar-refractivity contribution in [2.45, 2.75) is 83.8 Å². The Morgan fingerprint density at radius 1 is 0.863 bits per heavy atom. The number of carbonyl (C=O) groups is 4. The van der Waals surface area contributed by atoms with Crippen molar-refractivity contribution in [1.29, 1.82) is 0 Å². The molecule has 4 aromatic carbocycles. The third-order valence-corrected chi connectivity index (χ3v) is 16.9. The van der Waals surface area contributed by atoms with Crippen LogP contribution in [-0.2, 0) is 29.6 Å². The van der Waals surface area contributed by atoms with Gasteiger partial charge in [0.1, 0.15) is 11.6 Å². The van der Waals surface area contributed by atoms with E-state index in [0.717, 1.165) is 125 Å². The van der Waals surface area contributed by atoms with Gasteiger partial charge >= 0.3 is 5.97 Å². The van der Waals surface area contributed by atoms with Crippen LogP contribution >= 0.6 is 11.3 Å². The second-order valence-electron chi connectivity index (χ2n) is 20.3. The van der Waals surface area contributed by atoms with Crippen LogP contribution in [0.4, 0.5) is 16.6 Å². The summed E-state index contributed by atoms with van der Waals surface area (Å²) in [5.74, 6) is 0.356. The molecular formula is C57H61N9O6S. The number of pyridine rings is 1. The SMILES string of the molecule is Cc1c(O[C@H]2CC[C@H]([C@@H](C)CCN3CCN(c4ccc5c(C6CCC(=O)NC6=O)nn(C)c5c4)CC3)CC2)cccc1-c1ccc(N2CCc3cccc(C(=O)Nc4nc5ccccc5s4)c3C2)nc1C(=O)O. The van der Waals surface area contributed by atoms with Gasteiger partial charge in [-0.1, -0.05) is 54.7 Å². The Balaban J connectivity index is 0.673. The van der Waals surface area contributed by atoms with E-state index in [1.54, 1.807) is 0 Å². The number of rotatable bonds is 13. The summed E-state index contributed by atoms with van der Waals surface area (Å²) in [6, 6.07) is 29.6. The number of aromatic carboxylic acids is 1. The molecule has 0 radical (unpaired) electrons. The largest absolute Gasteiger partial charge is 0.490 e. The monoisotopic (exact) mass is 999 g/mol. The van der Waals surface area contributed by atoms with E-state index in [1.165, 1.54) is 11.3 Å². The van der Waals surface area contributed by atoms with Crippen LogP contribution in [0.1, 0.15) is 101 Å². The number of carboxylic acid groups (broad SMARTS) is 1. The Morgan fingerprint density at radius 3 is 2.47 bits per heavy atom. The zero-order valence-electron chi connectivity index (χ0n) is 41.6. The first-order chi connectivity index (χ1) is 35.4. The average molecular weight is 1000 g/mol. The number of thiazole rings is 1. The molecule has 3 aliphatic heterocycles. The van der Waals surface area contributed by atoms with Crippen molar-refractivity contribution in [3.8, 4) is 16.9 Å². The first-order valence-corrected chi connectivity index (χ1v) is 26.6. The van der Waals surface area contributed by atoms with Crippen LogP contribution in [-0.4, -0.2) is 98.8 Å². The molecule has 1 aliphatic carbocycles. The summed E-state index contributed by atoms with van der Waals surface area (Å²) in [5.41, 5.74) is 8.49. The lowest BCUT2D eigenvalue weighted by molar-refractivity contribution is -0.134. The van der Waals surface area contributed by atoms with Gasteiger partial charge in [0.15, 0.2) is 10.8 Å². The van der Waals surface area contributed by atoms with Crippen LogP contribution in [0.25, 0.3) is 32.2 Å². The van der Waals surface area contributed by atoms with E-state index in [9.17, 15) is 24.3 Å². The number of amides is 3. The minimum absolute atomic E-state index is 0.0205. The maximum absolute atomic E-state index is 13.7. The predicted molar refractivity (Wildman–Crippen MR) is 285 cm³/mol. The number of fused-ring (bicyclic) bond motifs is 3. The molecule has 376 valence electrons. The normalized spacial score (nSPS) is 20.0. The number of piperazine rings is 1. The molecule has 0 bridgehead atoms. The molecule has 15 nitrogen and oxygen atoms in total. The molecule has 4 aliphatic rings. The van der Waals surface area contributed by atoms with Gasteiger partial charge in [-0.2, -0.15) is 5.10 Å². The highest BCUT2D eigenvalue weighted by Gasteiger charge is 2.33. The number of piperidine rings is 1. The maximum atomic E-state index is 13.7. The summed E-state index contributed by atoms with van der Waals surface area (Å²) >= 11 is 1.44. The second kappa shape index (κ2) is 20.4. The Labute approximate surface area is 428 Å². The van der Waals surface area contributed by atoms with Crippen LogP contribution in [0.5, 0.6) is 5.75 Å². The number of hydrogen-bond acceptors (Lipinski definition) is 12. The Hall–Kier alpha value is -7.17. The molecule has 1 saturated carbocycles. The van der Waals surface area contributed by atoms with E-state index in [4.69, 9.17) is 14.8 Å². The third kappa shape index (κ3) is 9.89. The molecule has 73 heavy (non-hydrogen) atoms. The number of aromatic nitrogens is 4. The third-order valence-electron chi connectivity index (χ3n) is 15.9. The molecule has 16 heteroatoms. The van der Waals surface area contributed by atoms with E-state index in [1.807, 2.05) is 91.4 Å². The van der Waals surface area contributed by atoms with Gasteiger partial charge in [0.05, 0.1) is 33.4 Å². The predicted octanol–water partition coefficient (Wildman–Crippen LogP) is 9.37. The number of carbonyl (C=O) groups excluding carboxylic acids is 3. The summed E-state index contributed by atoms with van der Waals surface area (Å²) in [6.45, 7) is 10.5. The molecule has 3 fully saturated rings. The molecule has 6 heterocycles. The van der Waals surface area contributed by atoms with Gasteiger partial charge in [-0.05, 0) is 147 Å². The van der Waals surface area contributed by atoms with Gasteiger partial charge in [-0.25, -0.2) is 14.8 Å². The van der Waals surface area contributed by atoms with Gasteiger partial charge in [0.25, 0.3) is 5.91 Å². The van der Waals surface area contributed by atoms with Crippen LogP contribution in [0.2, 0.25) is 0 Å². The second-order valence-corrected chi connectivity index (χ2v) is 21.3. The standard InChI is InChI=1S/C57H61N9O6S/c1-34(24-26-64-28-30-65(31-29-64)38-16-19-43-47(32-38)63(3)62-52(43)44-21-23-51(67)60-55(44)69)36-14-17-39(18-15-36)72-48-12-7-9-40(35(48)2)41-20-22-50(59-53(41)56(70)71)66-27-25-37-8-6-10-42(45(37)33-66)54(68)61-57-58-46-11-4-5-13-49(46)73-57/h4-13,16,19-20,22,32,34,36,39,44H,14-15,17-18,21,23-31,33H2,1-3H3,(H,70,71)(H,58,61,68)(H,60,67,69)/t34-,36-,39-,44?/m0/s1. The van der Waals surface area contributed by atoms with Crippen molar-refractivity contribution in [3.05, 3.63) is 125 Å². The van der Waals surface area contributed by atoms with E-state index in [-0.39, 0.29) is 29.5 Å². The number of imide groups is 1. The molecule has 2 saturated heterocycles. The summed E-state index contributed by atoms with van der Waals surface area (Å²) in [4.78, 5) is 67.4. The molecule has 3 amide bonds. The van der Waals surface area contributed by atoms with Crippen molar-refractivity contribution < 1.29 is 29.0 Å². The zero-order chi connectivity index (χ0) is 50.3. The molecule has 1 unspecified atom stereocenters. The number of carboxylic acids is 1. The maximum Gasteiger partial charge on any atom is 0.355 e. The first kappa shape index (κ1) is 48.1. The Bertz CT molecular complexity index is 3230. The van der Waals surface area contributed by atoms with Crippen molar-refractivity contribution >= 4 is 72.8 Å². The van der Waals surface area contributed by atoms with Crippen LogP contribution in [0, 0.1) is 18.8 Å². The van der Waals surface area contributed by atoms with E-state index >= 15 is 0 Å². The lowest BCUT2D eigenvalue weighted by Gasteiger charge is -2.37. The molecular weight excluding hydrogens is 939 g/mol. The van der Waals surface area contributed by atoms with E-state index in [2.05, 4.69) is 55.4 Å². The van der Waals surface area contributed by atoms with Crippen molar-refractivity contribution in [3.63, 3.8) is 0 Å². The van der Waals surface area contributed by atoms with E-state index < -0.39 is 11.9 Å². The average Bonchev–Trinajstić information content (AvgIpc) is 3.97. The molecule has 7 aromatic rings. The Kier molecular flexibility index (Phi) is 13.4. The molecule has 0 spiro atoms. The highest BCUT2D eigenvalue weighted by molar-refractivity contribution is 7.22. The number of nitrogens with one attached hydrogen (secondary N) is 2. The van der Waals surface area contributed by atoms with Gasteiger partial charge < -0.3 is 19.6 Å². The van der Waals surface area contributed by atoms with Gasteiger partial charge in [0, 0.05) is 74.9 Å². The summed E-state index contributed by atoms with van der Waals surface area (Å²) < 4.78 is 9.58. The quantitative estimate of drug-likeness (QED) is 0.0936. The summed E-state index contributed by atoms with van der Waals surface area (Å²) in [7, 11) is 1.92. The highest BCUT2D eigenvalue weighted by Crippen LogP contribution is 2.39. The van der Waals surface area contributed by atoms with Crippen molar-refractivity contribution in [2.24, 2.45) is 18.9 Å². The fourth-order valence-corrected chi connectivity index (χ4v) is 12.5. The molecule has 3 aromatic heterocycles. The van der Waals surface area contributed by atoms with Crippen LogP contribution in [0.3, 0.4) is 0 Å². The minimum Gasteiger partial charge on any atom is -0.490 e. The van der Waals surface area contributed by atoms with Crippen LogP contribution in [0.15, 0.2) is 91.0 Å². The molecule has 11 rings (SSSR count). The van der Waals surface area contributed by atoms with Crippen LogP contribution < -0.4 is 25.2 Å². The van der Waals surface area contributed by atoms with Gasteiger partial charge in [-0.15, -0.1) is 0 Å². The van der Waals surface area contributed by atoms with Gasteiger partial charge in [-0.3, -0.25) is 34.6 Å². The number of para-hydroxylation sites is 1. The smallest absolute Gasteiger partial charge is 0.355 e. The summed E-state index contributed by atoms with van der Waals surface area (Å²) in [6.07, 6.45) is 6.95. The Morgan fingerprint density at radius 2 is 1.67 bits per heavy atom. The number of anilines is 3. The fourth-order valence-electron chi connectivity index (χ4n) is 11.6. The number of hydrogen-bond donors (Lipinski definition) is 3. The minimum atomic E-state index is -1.10. The van der Waals surface area contributed by atoms with Crippen molar-refractivity contribution in [1.82, 2.24) is 30.0 Å². The lowest BCUT2D eigenvalue weighted by Crippen LogP contribution is -2.47. The number of ether oxygens (including phenoxy) is 1. The molecule has 3 N–H and O–H groups in total. The number of nitrogens with zero attached hydrogens (tertiary/aromatic N) is 7. The topological polar surface area (TPSA) is 175 Å². The number of aryl methyl sites for hydroxylation is 1. The van der Waals surface area contributed by atoms with Crippen molar-refractivity contribution in [2.75, 3.05) is 54.4 Å². The number of benzene rings is 4. The summed E-state index contributed by atoms with van der Waals surface area (Å²) in [5, 5.41) is 22.3. The van der Waals surface area contributed by atoms with Gasteiger partial charge in [0.2, 0.25) is 11.8 Å². The molecule has 2 atom stereocenters. The highest BCUT2D eigenvalue weighted by atomic mass is 32.1.